The van der Waals surface area contributed by atoms with Crippen molar-refractivity contribution in [3.63, 3.8) is 0 Å². The largest absolute Gasteiger partial charge is 0.294 e. The molecule has 1 unspecified atom stereocenters. The highest BCUT2D eigenvalue weighted by atomic mass is 79.9. The third-order valence-corrected chi connectivity index (χ3v) is 6.58. The van der Waals surface area contributed by atoms with Gasteiger partial charge in [-0.3, -0.25) is 14.5 Å². The quantitative estimate of drug-likeness (QED) is 0.527. The number of Topliss-reactive ketones (excluding diaryl/α,β-unsaturated/α-hetero) is 1. The molecule has 4 rings (SSSR count). The van der Waals surface area contributed by atoms with Crippen LogP contribution in [-0.2, 0) is 16.0 Å². The summed E-state index contributed by atoms with van der Waals surface area (Å²) in [7, 11) is 0. The van der Waals surface area contributed by atoms with Crippen LogP contribution in [0.2, 0.25) is 0 Å². The number of ketones is 1. The van der Waals surface area contributed by atoms with Gasteiger partial charge in [0.15, 0.2) is 5.78 Å². The minimum absolute atomic E-state index is 0.0112. The second-order valence-corrected chi connectivity index (χ2v) is 9.85. The van der Waals surface area contributed by atoms with Crippen molar-refractivity contribution in [1.29, 1.82) is 0 Å². The molecule has 2 aromatic rings. The fraction of sp³-hybridized carbons (Fsp3) is 0.360. The highest BCUT2D eigenvalue weighted by Crippen LogP contribution is 2.49. The number of para-hydroxylation sites is 1. The van der Waals surface area contributed by atoms with E-state index in [2.05, 4.69) is 22.9 Å². The first-order valence-corrected chi connectivity index (χ1v) is 11.1. The van der Waals surface area contributed by atoms with Crippen LogP contribution in [0, 0.1) is 11.2 Å². The van der Waals surface area contributed by atoms with Crippen molar-refractivity contribution in [2.75, 3.05) is 4.90 Å². The zero-order valence-corrected chi connectivity index (χ0v) is 19.1. The first-order valence-electron chi connectivity index (χ1n) is 10.3. The summed E-state index contributed by atoms with van der Waals surface area (Å²) in [4.78, 5) is 28.5. The maximum Gasteiger partial charge on any atom is 0.232 e. The van der Waals surface area contributed by atoms with Crippen LogP contribution >= 0.6 is 15.9 Å². The number of carbonyl (C=O) groups is 2. The normalized spacial score (nSPS) is 21.1. The summed E-state index contributed by atoms with van der Waals surface area (Å²) in [5.74, 6) is -1.02. The summed E-state index contributed by atoms with van der Waals surface area (Å²) >= 11 is 3.40. The molecule has 1 heterocycles. The van der Waals surface area contributed by atoms with Crippen molar-refractivity contribution >= 4 is 33.3 Å². The van der Waals surface area contributed by atoms with Crippen molar-refractivity contribution in [2.45, 2.75) is 52.4 Å². The van der Waals surface area contributed by atoms with E-state index in [9.17, 15) is 14.0 Å². The molecule has 0 radical (unpaired) electrons. The number of hydrogen-bond acceptors (Lipinski definition) is 2. The average molecular weight is 470 g/mol. The van der Waals surface area contributed by atoms with Crippen molar-refractivity contribution < 1.29 is 14.0 Å². The summed E-state index contributed by atoms with van der Waals surface area (Å²) in [6.45, 7) is 6.15. The molecule has 1 aliphatic heterocycles. The first-order chi connectivity index (χ1) is 14.2. The Morgan fingerprint density at radius 1 is 1.13 bits per heavy atom. The summed E-state index contributed by atoms with van der Waals surface area (Å²) in [5.41, 5.74) is 3.36. The van der Waals surface area contributed by atoms with Gasteiger partial charge in [-0.25, -0.2) is 4.39 Å². The smallest absolute Gasteiger partial charge is 0.232 e. The van der Waals surface area contributed by atoms with E-state index in [0.29, 0.717) is 24.0 Å². The zero-order chi connectivity index (χ0) is 21.6. The lowest BCUT2D eigenvalue weighted by atomic mass is 9.69. The minimum Gasteiger partial charge on any atom is -0.294 e. The topological polar surface area (TPSA) is 37.4 Å². The monoisotopic (exact) mass is 469 g/mol. The predicted octanol–water partition coefficient (Wildman–Crippen LogP) is 6.31. The molecule has 0 spiro atoms. The Kier molecular flexibility index (Phi) is 5.43. The molecule has 156 valence electrons. The van der Waals surface area contributed by atoms with Gasteiger partial charge >= 0.3 is 0 Å². The number of aryl methyl sites for hydroxylation is 1. The molecule has 30 heavy (non-hydrogen) atoms. The van der Waals surface area contributed by atoms with E-state index in [0.717, 1.165) is 27.8 Å². The summed E-state index contributed by atoms with van der Waals surface area (Å²) < 4.78 is 15.5. The number of benzene rings is 2. The molecule has 1 aliphatic carbocycles. The Morgan fingerprint density at radius 2 is 1.87 bits per heavy atom. The molecular weight excluding hydrogens is 445 g/mol. The maximum atomic E-state index is 14.8. The second-order valence-electron chi connectivity index (χ2n) is 8.94. The Labute approximate surface area is 185 Å². The molecule has 0 saturated heterocycles. The van der Waals surface area contributed by atoms with Crippen LogP contribution < -0.4 is 4.90 Å². The number of rotatable bonds is 3. The lowest BCUT2D eigenvalue weighted by molar-refractivity contribution is -0.121. The van der Waals surface area contributed by atoms with Gasteiger partial charge in [0.25, 0.3) is 0 Å². The Balaban J connectivity index is 1.95. The number of allylic oxidation sites excluding steroid dienone is 2. The number of halogens is 2. The van der Waals surface area contributed by atoms with E-state index in [4.69, 9.17) is 0 Å². The van der Waals surface area contributed by atoms with Gasteiger partial charge < -0.3 is 0 Å². The van der Waals surface area contributed by atoms with E-state index in [-0.39, 0.29) is 29.3 Å². The fourth-order valence-electron chi connectivity index (χ4n) is 4.77. The second kappa shape index (κ2) is 7.77. The Morgan fingerprint density at radius 3 is 2.60 bits per heavy atom. The molecule has 1 atom stereocenters. The summed E-state index contributed by atoms with van der Waals surface area (Å²) in [6, 6.07) is 12.5. The van der Waals surface area contributed by atoms with E-state index in [1.54, 1.807) is 17.0 Å². The van der Waals surface area contributed by atoms with Gasteiger partial charge in [0.05, 0.1) is 5.69 Å². The van der Waals surface area contributed by atoms with E-state index < -0.39 is 5.92 Å². The van der Waals surface area contributed by atoms with Crippen molar-refractivity contribution in [3.8, 4) is 0 Å². The standard InChI is InChI=1S/C25H25BrFNO2/c1-4-15-7-5-6-8-20(15)28-21-13-25(2,3)14-22(29)24(21)18(12-23(28)30)17-11-16(26)9-10-19(17)27/h5-11,18H,4,12-14H2,1-3H3. The number of hydrogen-bond donors (Lipinski definition) is 0. The molecule has 3 nitrogen and oxygen atoms in total. The van der Waals surface area contributed by atoms with Crippen LogP contribution in [0.5, 0.6) is 0 Å². The summed E-state index contributed by atoms with van der Waals surface area (Å²) in [6.07, 6.45) is 1.86. The predicted molar refractivity (Wildman–Crippen MR) is 120 cm³/mol. The molecule has 0 N–H and O–H groups in total. The van der Waals surface area contributed by atoms with Crippen LogP contribution in [0.25, 0.3) is 0 Å². The Hall–Kier alpha value is -2.27. The van der Waals surface area contributed by atoms with E-state index >= 15 is 0 Å². The van der Waals surface area contributed by atoms with Crippen LogP contribution in [0.15, 0.2) is 58.2 Å². The van der Waals surface area contributed by atoms with Crippen LogP contribution in [0.3, 0.4) is 0 Å². The average Bonchev–Trinajstić information content (AvgIpc) is 2.68. The van der Waals surface area contributed by atoms with Crippen LogP contribution in [0.4, 0.5) is 10.1 Å². The highest BCUT2D eigenvalue weighted by Gasteiger charge is 2.45. The van der Waals surface area contributed by atoms with Gasteiger partial charge in [0.1, 0.15) is 5.82 Å². The van der Waals surface area contributed by atoms with Crippen molar-refractivity contribution in [2.24, 2.45) is 5.41 Å². The Bertz CT molecular complexity index is 1070. The van der Waals surface area contributed by atoms with Gasteiger partial charge in [-0.15, -0.1) is 0 Å². The zero-order valence-electron chi connectivity index (χ0n) is 17.5. The van der Waals surface area contributed by atoms with Gasteiger partial charge in [-0.1, -0.05) is 54.9 Å². The SMILES string of the molecule is CCc1ccccc1N1C(=O)CC(c2cc(Br)ccc2F)C2=C1CC(C)(C)CC2=O. The minimum atomic E-state index is -0.557. The molecule has 0 fully saturated rings. The fourth-order valence-corrected chi connectivity index (χ4v) is 5.15. The molecule has 2 aromatic carbocycles. The lowest BCUT2D eigenvalue weighted by Gasteiger charge is -2.43. The van der Waals surface area contributed by atoms with Crippen LogP contribution in [-0.4, -0.2) is 11.7 Å². The van der Waals surface area contributed by atoms with Gasteiger partial charge in [-0.2, -0.15) is 0 Å². The number of carbonyl (C=O) groups excluding carboxylic acids is 2. The molecule has 0 bridgehead atoms. The summed E-state index contributed by atoms with van der Waals surface area (Å²) in [5, 5.41) is 0. The molecule has 5 heteroatoms. The van der Waals surface area contributed by atoms with Crippen molar-refractivity contribution in [3.05, 3.63) is 75.2 Å². The lowest BCUT2D eigenvalue weighted by Crippen LogP contribution is -2.44. The number of amides is 1. The third kappa shape index (κ3) is 3.64. The van der Waals surface area contributed by atoms with E-state index in [1.807, 2.05) is 38.1 Å². The number of nitrogens with zero attached hydrogens (tertiary/aromatic N) is 1. The van der Waals surface area contributed by atoms with Crippen LogP contribution in [0.1, 0.15) is 57.1 Å². The number of anilines is 1. The first kappa shape index (κ1) is 21.0. The molecule has 0 aromatic heterocycles. The van der Waals surface area contributed by atoms with Gasteiger partial charge in [-0.05, 0) is 53.6 Å². The van der Waals surface area contributed by atoms with Gasteiger partial charge in [0, 0.05) is 34.5 Å². The van der Waals surface area contributed by atoms with E-state index in [1.165, 1.54) is 6.07 Å². The molecular formula is C25H25BrFNO2. The molecule has 2 aliphatic rings. The third-order valence-electron chi connectivity index (χ3n) is 6.09. The maximum absolute atomic E-state index is 14.8. The van der Waals surface area contributed by atoms with Crippen molar-refractivity contribution in [1.82, 2.24) is 0 Å². The molecule has 0 saturated carbocycles. The van der Waals surface area contributed by atoms with Gasteiger partial charge in [0.2, 0.25) is 5.91 Å². The highest BCUT2D eigenvalue weighted by molar-refractivity contribution is 9.10. The molecule has 1 amide bonds.